The van der Waals surface area contributed by atoms with Gasteiger partial charge in [0.1, 0.15) is 0 Å². The molecule has 2 aliphatic rings. The second-order valence-corrected chi connectivity index (χ2v) is 5.52. The predicted octanol–water partition coefficient (Wildman–Crippen LogP) is 2.39. The van der Waals surface area contributed by atoms with Gasteiger partial charge >= 0.3 is 0 Å². The van der Waals surface area contributed by atoms with Crippen LogP contribution in [0.4, 0.5) is 0 Å². The van der Waals surface area contributed by atoms with Gasteiger partial charge in [-0.05, 0) is 39.2 Å². The molecule has 0 aromatic carbocycles. The van der Waals surface area contributed by atoms with E-state index in [9.17, 15) is 0 Å². The molecule has 0 unspecified atom stereocenters. The number of piperidine rings is 1. The first-order valence-corrected chi connectivity index (χ1v) is 6.73. The molecule has 1 aliphatic heterocycles. The lowest BCUT2D eigenvalue weighted by Gasteiger charge is -2.43. The van der Waals surface area contributed by atoms with E-state index < -0.39 is 0 Å². The molecule has 1 heterocycles. The summed E-state index contributed by atoms with van der Waals surface area (Å²) in [4.78, 5) is 2.76. The SMILES string of the molecule is CCNC1CCN(C2(C)CCCC2)CC1. The quantitative estimate of drug-likeness (QED) is 0.769. The van der Waals surface area contributed by atoms with Gasteiger partial charge in [-0.25, -0.2) is 0 Å². The smallest absolute Gasteiger partial charge is 0.0181 e. The Morgan fingerprint density at radius 2 is 1.80 bits per heavy atom. The van der Waals surface area contributed by atoms with E-state index in [4.69, 9.17) is 0 Å². The molecule has 0 amide bonds. The maximum absolute atomic E-state index is 3.58. The average Bonchev–Trinajstić information content (AvgIpc) is 2.68. The van der Waals surface area contributed by atoms with Crippen LogP contribution in [-0.2, 0) is 0 Å². The van der Waals surface area contributed by atoms with Crippen LogP contribution in [0.1, 0.15) is 52.4 Å². The predicted molar refractivity (Wildman–Crippen MR) is 65.1 cm³/mol. The summed E-state index contributed by atoms with van der Waals surface area (Å²) in [6, 6.07) is 0.788. The van der Waals surface area contributed by atoms with Crippen molar-refractivity contribution < 1.29 is 0 Å². The van der Waals surface area contributed by atoms with Gasteiger partial charge in [0.2, 0.25) is 0 Å². The van der Waals surface area contributed by atoms with Gasteiger partial charge in [-0.15, -0.1) is 0 Å². The number of hydrogen-bond acceptors (Lipinski definition) is 2. The van der Waals surface area contributed by atoms with Gasteiger partial charge in [0, 0.05) is 24.7 Å². The molecular formula is C13H26N2. The van der Waals surface area contributed by atoms with E-state index >= 15 is 0 Å². The van der Waals surface area contributed by atoms with Gasteiger partial charge in [-0.1, -0.05) is 19.8 Å². The first-order valence-electron chi connectivity index (χ1n) is 6.73. The minimum Gasteiger partial charge on any atom is -0.314 e. The summed E-state index contributed by atoms with van der Waals surface area (Å²) >= 11 is 0. The van der Waals surface area contributed by atoms with Crippen LogP contribution in [0, 0.1) is 0 Å². The molecule has 0 bridgehead atoms. The summed E-state index contributed by atoms with van der Waals surface area (Å²) in [7, 11) is 0. The topological polar surface area (TPSA) is 15.3 Å². The Hall–Kier alpha value is -0.0800. The summed E-state index contributed by atoms with van der Waals surface area (Å²) in [6.45, 7) is 8.45. The zero-order chi connectivity index (χ0) is 10.7. The molecule has 2 rings (SSSR count). The van der Waals surface area contributed by atoms with Crippen LogP contribution in [0.2, 0.25) is 0 Å². The fraction of sp³-hybridized carbons (Fsp3) is 1.00. The Morgan fingerprint density at radius 3 is 2.33 bits per heavy atom. The average molecular weight is 210 g/mol. The maximum atomic E-state index is 3.58. The molecular weight excluding hydrogens is 184 g/mol. The molecule has 0 radical (unpaired) electrons. The Bertz CT molecular complexity index is 189. The fourth-order valence-electron chi connectivity index (χ4n) is 3.37. The second-order valence-electron chi connectivity index (χ2n) is 5.52. The third-order valence-corrected chi connectivity index (χ3v) is 4.43. The van der Waals surface area contributed by atoms with E-state index in [1.165, 1.54) is 51.6 Å². The van der Waals surface area contributed by atoms with Gasteiger partial charge < -0.3 is 5.32 Å². The Kier molecular flexibility index (Phi) is 3.68. The number of rotatable bonds is 3. The molecule has 0 aromatic rings. The van der Waals surface area contributed by atoms with E-state index in [0.29, 0.717) is 5.54 Å². The molecule has 1 N–H and O–H groups in total. The van der Waals surface area contributed by atoms with Crippen LogP contribution >= 0.6 is 0 Å². The van der Waals surface area contributed by atoms with Crippen LogP contribution in [0.25, 0.3) is 0 Å². The largest absolute Gasteiger partial charge is 0.314 e. The molecule has 0 atom stereocenters. The molecule has 1 saturated heterocycles. The molecule has 1 aliphatic carbocycles. The maximum Gasteiger partial charge on any atom is 0.0181 e. The summed E-state index contributed by atoms with van der Waals surface area (Å²) in [6.07, 6.45) is 8.46. The minimum absolute atomic E-state index is 0.553. The Labute approximate surface area is 94.4 Å². The molecule has 2 heteroatoms. The highest BCUT2D eigenvalue weighted by molar-refractivity contribution is 4.93. The van der Waals surface area contributed by atoms with Crippen molar-refractivity contribution in [2.24, 2.45) is 0 Å². The third-order valence-electron chi connectivity index (χ3n) is 4.43. The van der Waals surface area contributed by atoms with Gasteiger partial charge in [0.15, 0.2) is 0 Å². The van der Waals surface area contributed by atoms with Crippen molar-refractivity contribution in [3.63, 3.8) is 0 Å². The van der Waals surface area contributed by atoms with Crippen molar-refractivity contribution in [1.82, 2.24) is 10.2 Å². The first kappa shape index (κ1) is 11.4. The number of nitrogens with zero attached hydrogens (tertiary/aromatic N) is 1. The fourth-order valence-corrected chi connectivity index (χ4v) is 3.37. The van der Waals surface area contributed by atoms with E-state index in [0.717, 1.165) is 12.6 Å². The third kappa shape index (κ3) is 2.54. The van der Waals surface area contributed by atoms with E-state index in [1.807, 2.05) is 0 Å². The number of hydrogen-bond donors (Lipinski definition) is 1. The number of likely N-dealkylation sites (tertiary alicyclic amines) is 1. The highest BCUT2D eigenvalue weighted by Gasteiger charge is 2.36. The highest BCUT2D eigenvalue weighted by Crippen LogP contribution is 2.36. The van der Waals surface area contributed by atoms with Crippen LogP contribution in [0.3, 0.4) is 0 Å². The van der Waals surface area contributed by atoms with Crippen LogP contribution in [0.15, 0.2) is 0 Å². The standard InChI is InChI=1S/C13H26N2/c1-3-14-12-6-10-15(11-7-12)13(2)8-4-5-9-13/h12,14H,3-11H2,1-2H3. The van der Waals surface area contributed by atoms with Gasteiger partial charge in [0.25, 0.3) is 0 Å². The van der Waals surface area contributed by atoms with E-state index in [2.05, 4.69) is 24.1 Å². The van der Waals surface area contributed by atoms with Crippen LogP contribution in [-0.4, -0.2) is 36.1 Å². The number of nitrogens with one attached hydrogen (secondary N) is 1. The summed E-state index contributed by atoms with van der Waals surface area (Å²) < 4.78 is 0. The lowest BCUT2D eigenvalue weighted by Crippen LogP contribution is -2.51. The summed E-state index contributed by atoms with van der Waals surface area (Å²) in [5.41, 5.74) is 0.553. The highest BCUT2D eigenvalue weighted by atomic mass is 15.2. The Morgan fingerprint density at radius 1 is 1.20 bits per heavy atom. The minimum atomic E-state index is 0.553. The van der Waals surface area contributed by atoms with Crippen molar-refractivity contribution in [1.29, 1.82) is 0 Å². The van der Waals surface area contributed by atoms with Crippen LogP contribution < -0.4 is 5.32 Å². The molecule has 0 aromatic heterocycles. The zero-order valence-corrected chi connectivity index (χ0v) is 10.4. The zero-order valence-electron chi connectivity index (χ0n) is 10.4. The lowest BCUT2D eigenvalue weighted by molar-refractivity contribution is 0.0745. The molecule has 2 fully saturated rings. The molecule has 15 heavy (non-hydrogen) atoms. The molecule has 2 nitrogen and oxygen atoms in total. The van der Waals surface area contributed by atoms with Gasteiger partial charge in [-0.2, -0.15) is 0 Å². The van der Waals surface area contributed by atoms with Crippen LogP contribution in [0.5, 0.6) is 0 Å². The van der Waals surface area contributed by atoms with Crippen molar-refractivity contribution in [2.75, 3.05) is 19.6 Å². The van der Waals surface area contributed by atoms with Gasteiger partial charge in [0.05, 0.1) is 0 Å². The van der Waals surface area contributed by atoms with E-state index in [-0.39, 0.29) is 0 Å². The molecule has 0 spiro atoms. The summed E-state index contributed by atoms with van der Waals surface area (Å²) in [5.74, 6) is 0. The monoisotopic (exact) mass is 210 g/mol. The first-order chi connectivity index (χ1) is 7.24. The normalized spacial score (nSPS) is 28.4. The lowest BCUT2D eigenvalue weighted by atomic mass is 9.93. The second kappa shape index (κ2) is 4.84. The van der Waals surface area contributed by atoms with Crippen molar-refractivity contribution >= 4 is 0 Å². The van der Waals surface area contributed by atoms with Crippen molar-refractivity contribution in [2.45, 2.75) is 64.0 Å². The summed E-state index contributed by atoms with van der Waals surface area (Å²) in [5, 5.41) is 3.58. The molecule has 1 saturated carbocycles. The van der Waals surface area contributed by atoms with Crippen molar-refractivity contribution in [3.8, 4) is 0 Å². The van der Waals surface area contributed by atoms with Gasteiger partial charge in [-0.3, -0.25) is 4.90 Å². The van der Waals surface area contributed by atoms with E-state index in [1.54, 1.807) is 0 Å². The molecule has 88 valence electrons. The van der Waals surface area contributed by atoms with Crippen molar-refractivity contribution in [3.05, 3.63) is 0 Å². The Balaban J connectivity index is 1.82.